The maximum absolute atomic E-state index is 13.5. The van der Waals surface area contributed by atoms with Gasteiger partial charge in [0.1, 0.15) is 0 Å². The van der Waals surface area contributed by atoms with E-state index < -0.39 is 23.6 Å². The van der Waals surface area contributed by atoms with Crippen molar-refractivity contribution in [2.24, 2.45) is 0 Å². The molecule has 0 aliphatic carbocycles. The van der Waals surface area contributed by atoms with Gasteiger partial charge < -0.3 is 20.0 Å². The highest BCUT2D eigenvalue weighted by molar-refractivity contribution is 6.02. The molecular formula is C21H18F3N3O3. The molecule has 0 fully saturated rings. The van der Waals surface area contributed by atoms with Crippen molar-refractivity contribution in [3.8, 4) is 0 Å². The van der Waals surface area contributed by atoms with Crippen LogP contribution < -0.4 is 15.5 Å². The normalized spacial score (nSPS) is 11.1. The van der Waals surface area contributed by atoms with Gasteiger partial charge in [-0.2, -0.15) is 13.2 Å². The fourth-order valence-corrected chi connectivity index (χ4v) is 2.70. The minimum Gasteiger partial charge on any atom is -0.459 e. The standard InChI is InChI=1S/C21H18F3N3O3/c1-27(15-6-3-2-4-7-15)19(28)13-25-17-10-9-14(12-16(17)21(22,23)24)26-20(29)18-8-5-11-30-18/h2-12,25H,13H2,1H3,(H,26,29). The van der Waals surface area contributed by atoms with E-state index in [4.69, 9.17) is 4.42 Å². The van der Waals surface area contributed by atoms with Crippen molar-refractivity contribution in [1.82, 2.24) is 0 Å². The Kier molecular flexibility index (Phi) is 6.10. The summed E-state index contributed by atoms with van der Waals surface area (Å²) in [5.74, 6) is -1.11. The molecule has 9 heteroatoms. The molecule has 1 heterocycles. The lowest BCUT2D eigenvalue weighted by Crippen LogP contribution is -2.32. The van der Waals surface area contributed by atoms with Crippen LogP contribution in [0.2, 0.25) is 0 Å². The highest BCUT2D eigenvalue weighted by Crippen LogP contribution is 2.36. The quantitative estimate of drug-likeness (QED) is 0.614. The van der Waals surface area contributed by atoms with E-state index in [2.05, 4.69) is 10.6 Å². The molecule has 0 aliphatic rings. The van der Waals surface area contributed by atoms with E-state index >= 15 is 0 Å². The van der Waals surface area contributed by atoms with E-state index in [1.807, 2.05) is 0 Å². The number of halogens is 3. The molecule has 0 bridgehead atoms. The summed E-state index contributed by atoms with van der Waals surface area (Å²) in [7, 11) is 1.54. The number of likely N-dealkylation sites (N-methyl/N-ethyl adjacent to an activating group) is 1. The van der Waals surface area contributed by atoms with Crippen LogP contribution in [0.1, 0.15) is 16.1 Å². The Morgan fingerprint density at radius 3 is 2.40 bits per heavy atom. The third kappa shape index (κ3) is 4.99. The molecule has 1 aromatic heterocycles. The molecule has 0 saturated carbocycles. The second-order valence-electron chi connectivity index (χ2n) is 6.33. The molecule has 0 atom stereocenters. The van der Waals surface area contributed by atoms with Crippen molar-refractivity contribution in [1.29, 1.82) is 0 Å². The van der Waals surface area contributed by atoms with Gasteiger partial charge in [0.05, 0.1) is 18.4 Å². The maximum atomic E-state index is 13.5. The summed E-state index contributed by atoms with van der Waals surface area (Å²) in [6.45, 7) is -0.341. The topological polar surface area (TPSA) is 74.6 Å². The van der Waals surface area contributed by atoms with Crippen LogP contribution in [-0.4, -0.2) is 25.4 Å². The van der Waals surface area contributed by atoms with Crippen molar-refractivity contribution in [2.45, 2.75) is 6.18 Å². The van der Waals surface area contributed by atoms with Crippen LogP contribution >= 0.6 is 0 Å². The summed E-state index contributed by atoms with van der Waals surface area (Å²) in [5.41, 5.74) is -0.707. The number of carbonyl (C=O) groups is 2. The second kappa shape index (κ2) is 8.73. The first-order valence-electron chi connectivity index (χ1n) is 8.87. The number of nitrogens with zero attached hydrogens (tertiary/aromatic N) is 1. The largest absolute Gasteiger partial charge is 0.459 e. The molecule has 0 spiro atoms. The first-order valence-corrected chi connectivity index (χ1v) is 8.87. The Morgan fingerprint density at radius 2 is 1.77 bits per heavy atom. The number of para-hydroxylation sites is 1. The van der Waals surface area contributed by atoms with Crippen LogP contribution in [0.15, 0.2) is 71.3 Å². The predicted molar refractivity (Wildman–Crippen MR) is 106 cm³/mol. The van der Waals surface area contributed by atoms with Gasteiger partial charge in [-0.3, -0.25) is 9.59 Å². The molecule has 2 amide bonds. The van der Waals surface area contributed by atoms with Crippen LogP contribution in [0, 0.1) is 0 Å². The number of furan rings is 1. The zero-order valence-electron chi connectivity index (χ0n) is 15.9. The number of alkyl halides is 3. The number of hydrogen-bond donors (Lipinski definition) is 2. The average molecular weight is 417 g/mol. The van der Waals surface area contributed by atoms with E-state index in [-0.39, 0.29) is 23.7 Å². The lowest BCUT2D eigenvalue weighted by molar-refractivity contribution is -0.137. The second-order valence-corrected chi connectivity index (χ2v) is 6.33. The number of amides is 2. The molecule has 3 aromatic rings. The Bertz CT molecular complexity index is 1020. The summed E-state index contributed by atoms with van der Waals surface area (Å²) in [6.07, 6.45) is -3.41. The van der Waals surface area contributed by atoms with Crippen molar-refractivity contribution >= 4 is 28.9 Å². The molecule has 0 unspecified atom stereocenters. The SMILES string of the molecule is CN(C(=O)CNc1ccc(NC(=O)c2ccco2)cc1C(F)(F)F)c1ccccc1. The fourth-order valence-electron chi connectivity index (χ4n) is 2.70. The lowest BCUT2D eigenvalue weighted by Gasteiger charge is -2.20. The predicted octanol–water partition coefficient (Wildman–Crippen LogP) is 4.63. The molecule has 0 radical (unpaired) electrons. The van der Waals surface area contributed by atoms with E-state index in [1.54, 1.807) is 30.3 Å². The van der Waals surface area contributed by atoms with Gasteiger partial charge in [0.25, 0.3) is 5.91 Å². The monoisotopic (exact) mass is 417 g/mol. The molecular weight excluding hydrogens is 399 g/mol. The molecule has 6 nitrogen and oxygen atoms in total. The number of carbonyl (C=O) groups excluding carboxylic acids is 2. The average Bonchev–Trinajstić information content (AvgIpc) is 3.27. The molecule has 0 saturated heterocycles. The number of nitrogens with one attached hydrogen (secondary N) is 2. The van der Waals surface area contributed by atoms with E-state index in [1.165, 1.54) is 36.4 Å². The van der Waals surface area contributed by atoms with Gasteiger partial charge >= 0.3 is 6.18 Å². The number of anilines is 3. The lowest BCUT2D eigenvalue weighted by atomic mass is 10.1. The van der Waals surface area contributed by atoms with Crippen LogP contribution in [0.25, 0.3) is 0 Å². The van der Waals surface area contributed by atoms with Crippen molar-refractivity contribution in [3.63, 3.8) is 0 Å². The van der Waals surface area contributed by atoms with Crippen LogP contribution in [0.4, 0.5) is 30.2 Å². The third-order valence-corrected chi connectivity index (χ3v) is 4.28. The van der Waals surface area contributed by atoms with Crippen LogP contribution in [0.3, 0.4) is 0 Å². The maximum Gasteiger partial charge on any atom is 0.418 e. The minimum atomic E-state index is -4.69. The summed E-state index contributed by atoms with van der Waals surface area (Å²) < 4.78 is 45.5. The molecule has 30 heavy (non-hydrogen) atoms. The highest BCUT2D eigenvalue weighted by atomic mass is 19.4. The Morgan fingerprint density at radius 1 is 1.03 bits per heavy atom. The molecule has 0 aliphatic heterocycles. The fraction of sp³-hybridized carbons (Fsp3) is 0.143. The smallest absolute Gasteiger partial charge is 0.418 e. The first-order chi connectivity index (χ1) is 14.3. The number of rotatable bonds is 6. The van der Waals surface area contributed by atoms with Gasteiger partial charge in [0.15, 0.2) is 5.76 Å². The van der Waals surface area contributed by atoms with Crippen molar-refractivity contribution in [3.05, 3.63) is 78.3 Å². The Hall–Kier alpha value is -3.75. The van der Waals surface area contributed by atoms with Gasteiger partial charge in [-0.25, -0.2) is 0 Å². The van der Waals surface area contributed by atoms with Gasteiger partial charge in [0.2, 0.25) is 5.91 Å². The van der Waals surface area contributed by atoms with E-state index in [9.17, 15) is 22.8 Å². The highest BCUT2D eigenvalue weighted by Gasteiger charge is 2.34. The van der Waals surface area contributed by atoms with Crippen LogP contribution in [-0.2, 0) is 11.0 Å². The molecule has 2 aromatic carbocycles. The minimum absolute atomic E-state index is 0.0275. The summed E-state index contributed by atoms with van der Waals surface area (Å²) in [6, 6.07) is 14.9. The van der Waals surface area contributed by atoms with E-state index in [0.717, 1.165) is 12.1 Å². The summed E-state index contributed by atoms with van der Waals surface area (Å²) in [5, 5.41) is 4.89. The van der Waals surface area contributed by atoms with Gasteiger partial charge in [-0.15, -0.1) is 0 Å². The zero-order valence-corrected chi connectivity index (χ0v) is 15.9. The Labute approximate surface area is 170 Å². The summed E-state index contributed by atoms with van der Waals surface area (Å²) in [4.78, 5) is 25.7. The molecule has 2 N–H and O–H groups in total. The van der Waals surface area contributed by atoms with Crippen molar-refractivity contribution in [2.75, 3.05) is 29.1 Å². The molecule has 156 valence electrons. The zero-order chi connectivity index (χ0) is 21.7. The van der Waals surface area contributed by atoms with Gasteiger partial charge in [-0.05, 0) is 42.5 Å². The third-order valence-electron chi connectivity index (χ3n) is 4.28. The Balaban J connectivity index is 1.74. The first kappa shape index (κ1) is 21.0. The number of benzene rings is 2. The van der Waals surface area contributed by atoms with Gasteiger partial charge in [-0.1, -0.05) is 18.2 Å². The molecule has 3 rings (SSSR count). The van der Waals surface area contributed by atoms with Crippen molar-refractivity contribution < 1.29 is 27.2 Å². The van der Waals surface area contributed by atoms with Gasteiger partial charge in [0, 0.05) is 24.1 Å². The van der Waals surface area contributed by atoms with Crippen LogP contribution in [0.5, 0.6) is 0 Å². The number of hydrogen-bond acceptors (Lipinski definition) is 4. The van der Waals surface area contributed by atoms with E-state index in [0.29, 0.717) is 5.69 Å². The summed E-state index contributed by atoms with van der Waals surface area (Å²) >= 11 is 0.